The van der Waals surface area contributed by atoms with Crippen molar-refractivity contribution < 1.29 is 0 Å². The number of aromatic nitrogens is 2. The maximum Gasteiger partial charge on any atom is 0.0972 e. The van der Waals surface area contributed by atoms with E-state index in [-0.39, 0.29) is 0 Å². The van der Waals surface area contributed by atoms with Crippen LogP contribution in [0.1, 0.15) is 0 Å². The molecule has 9 aromatic rings. The van der Waals surface area contributed by atoms with Crippen LogP contribution in [0.4, 0.5) is 0 Å². The molecular weight excluding hydrogens is 556 g/mol. The van der Waals surface area contributed by atoms with Crippen molar-refractivity contribution >= 4 is 43.2 Å². The molecule has 0 fully saturated rings. The number of hydrogen-bond acceptors (Lipinski definition) is 2. The molecule has 9 rings (SSSR count). The standard InChI is InChI=1S/C44H28N2/c1-2-13-29(14-3-1)42-35-19-5-7-21-37(35)43(38-22-8-6-20-36(38)42)31-16-12-15-30(27-31)32-25-26-41(45-28-32)44-39-23-9-4-17-33(39)34-18-10-11-24-40(34)46-44/h1-28H. The fourth-order valence-electron chi connectivity index (χ4n) is 7.01. The summed E-state index contributed by atoms with van der Waals surface area (Å²) in [5, 5.41) is 8.48. The summed E-state index contributed by atoms with van der Waals surface area (Å²) in [6.07, 6.45) is 1.98. The van der Waals surface area contributed by atoms with Crippen LogP contribution in [0.3, 0.4) is 0 Å². The molecule has 0 saturated carbocycles. The number of pyridine rings is 2. The van der Waals surface area contributed by atoms with E-state index in [0.29, 0.717) is 0 Å². The molecular formula is C44H28N2. The first-order valence-corrected chi connectivity index (χ1v) is 15.7. The maximum atomic E-state index is 5.05. The van der Waals surface area contributed by atoms with Crippen molar-refractivity contribution in [1.29, 1.82) is 0 Å². The molecule has 0 bridgehead atoms. The van der Waals surface area contributed by atoms with Crippen LogP contribution in [0, 0.1) is 0 Å². The second-order valence-corrected chi connectivity index (χ2v) is 11.7. The summed E-state index contributed by atoms with van der Waals surface area (Å²) in [6.45, 7) is 0. The maximum absolute atomic E-state index is 5.05. The highest BCUT2D eigenvalue weighted by Gasteiger charge is 2.17. The first-order chi connectivity index (χ1) is 22.8. The van der Waals surface area contributed by atoms with E-state index in [9.17, 15) is 0 Å². The Hall–Kier alpha value is -6.12. The topological polar surface area (TPSA) is 25.8 Å². The zero-order valence-corrected chi connectivity index (χ0v) is 25.1. The Labute approximate surface area is 267 Å². The van der Waals surface area contributed by atoms with E-state index in [2.05, 4.69) is 158 Å². The smallest absolute Gasteiger partial charge is 0.0972 e. The van der Waals surface area contributed by atoms with Gasteiger partial charge in [-0.3, -0.25) is 4.98 Å². The monoisotopic (exact) mass is 584 g/mol. The van der Waals surface area contributed by atoms with E-state index >= 15 is 0 Å². The fraction of sp³-hybridized carbons (Fsp3) is 0. The Balaban J connectivity index is 1.18. The second kappa shape index (κ2) is 10.8. The lowest BCUT2D eigenvalue weighted by molar-refractivity contribution is 1.29. The van der Waals surface area contributed by atoms with Gasteiger partial charge in [0.05, 0.1) is 16.9 Å². The normalized spacial score (nSPS) is 11.5. The highest BCUT2D eigenvalue weighted by atomic mass is 14.8. The molecule has 0 N–H and O–H groups in total. The van der Waals surface area contributed by atoms with Crippen molar-refractivity contribution in [3.05, 3.63) is 170 Å². The molecule has 46 heavy (non-hydrogen) atoms. The Kier molecular flexibility index (Phi) is 6.17. The third kappa shape index (κ3) is 4.27. The summed E-state index contributed by atoms with van der Waals surface area (Å²) in [6, 6.07) is 58.3. The summed E-state index contributed by atoms with van der Waals surface area (Å²) in [7, 11) is 0. The van der Waals surface area contributed by atoms with Gasteiger partial charge in [0.1, 0.15) is 0 Å². The van der Waals surface area contributed by atoms with Crippen molar-refractivity contribution in [1.82, 2.24) is 9.97 Å². The van der Waals surface area contributed by atoms with E-state index in [4.69, 9.17) is 9.97 Å². The molecule has 0 spiro atoms. The molecule has 0 amide bonds. The molecule has 214 valence electrons. The minimum absolute atomic E-state index is 0.871. The first kappa shape index (κ1) is 26.3. The predicted molar refractivity (Wildman–Crippen MR) is 194 cm³/mol. The lowest BCUT2D eigenvalue weighted by Gasteiger charge is -2.18. The number of rotatable bonds is 4. The quantitative estimate of drug-likeness (QED) is 0.152. The molecule has 7 aromatic carbocycles. The molecule has 0 aliphatic carbocycles. The lowest BCUT2D eigenvalue weighted by Crippen LogP contribution is -1.93. The van der Waals surface area contributed by atoms with E-state index in [1.807, 2.05) is 12.3 Å². The number of fused-ring (bicyclic) bond motifs is 5. The van der Waals surface area contributed by atoms with E-state index in [1.54, 1.807) is 0 Å². The van der Waals surface area contributed by atoms with E-state index in [0.717, 1.165) is 38.8 Å². The summed E-state index contributed by atoms with van der Waals surface area (Å²) in [5.74, 6) is 0. The van der Waals surface area contributed by atoms with Gasteiger partial charge in [0, 0.05) is 22.5 Å². The van der Waals surface area contributed by atoms with E-state index < -0.39 is 0 Å². The van der Waals surface area contributed by atoms with Gasteiger partial charge in [-0.15, -0.1) is 0 Å². The van der Waals surface area contributed by atoms with Crippen molar-refractivity contribution in [3.8, 4) is 44.8 Å². The molecule has 0 aliphatic rings. The summed E-state index contributed by atoms with van der Waals surface area (Å²) >= 11 is 0. The number of para-hydroxylation sites is 1. The third-order valence-electron chi connectivity index (χ3n) is 9.09. The van der Waals surface area contributed by atoms with Gasteiger partial charge in [-0.2, -0.15) is 0 Å². The van der Waals surface area contributed by atoms with Gasteiger partial charge in [-0.1, -0.05) is 146 Å². The van der Waals surface area contributed by atoms with Gasteiger partial charge in [0.25, 0.3) is 0 Å². The van der Waals surface area contributed by atoms with Crippen LogP contribution in [-0.2, 0) is 0 Å². The molecule has 0 radical (unpaired) electrons. The van der Waals surface area contributed by atoms with Crippen molar-refractivity contribution in [2.45, 2.75) is 0 Å². The molecule has 2 heteroatoms. The van der Waals surface area contributed by atoms with Crippen molar-refractivity contribution in [2.24, 2.45) is 0 Å². The van der Waals surface area contributed by atoms with Crippen LogP contribution in [-0.4, -0.2) is 9.97 Å². The van der Waals surface area contributed by atoms with Crippen LogP contribution in [0.25, 0.3) is 88.0 Å². The molecule has 2 nitrogen and oxygen atoms in total. The molecule has 0 aliphatic heterocycles. The van der Waals surface area contributed by atoms with Crippen LogP contribution >= 0.6 is 0 Å². The Bertz CT molecular complexity index is 2510. The number of nitrogens with zero attached hydrogens (tertiary/aromatic N) is 2. The third-order valence-corrected chi connectivity index (χ3v) is 9.09. The Morgan fingerprint density at radius 1 is 0.326 bits per heavy atom. The second-order valence-electron chi connectivity index (χ2n) is 11.7. The highest BCUT2D eigenvalue weighted by molar-refractivity contribution is 6.21. The SMILES string of the molecule is c1ccc(-c2c3ccccc3c(-c3cccc(-c4ccc(-c5nc6ccccc6c6ccccc56)nc4)c3)c3ccccc23)cc1. The number of hydrogen-bond donors (Lipinski definition) is 0. The van der Waals surface area contributed by atoms with Gasteiger partial charge in [0.15, 0.2) is 0 Å². The summed E-state index contributed by atoms with van der Waals surface area (Å²) in [4.78, 5) is 10.0. The number of benzene rings is 7. The molecule has 0 saturated heterocycles. The molecule has 2 heterocycles. The molecule has 0 atom stereocenters. The largest absolute Gasteiger partial charge is 0.254 e. The summed E-state index contributed by atoms with van der Waals surface area (Å²) < 4.78 is 0. The van der Waals surface area contributed by atoms with Crippen molar-refractivity contribution in [3.63, 3.8) is 0 Å². The average molecular weight is 585 g/mol. The van der Waals surface area contributed by atoms with Gasteiger partial charge in [0.2, 0.25) is 0 Å². The van der Waals surface area contributed by atoms with Crippen LogP contribution in [0.5, 0.6) is 0 Å². The predicted octanol–water partition coefficient (Wildman–Crippen LogP) is 11.8. The molecule has 0 unspecified atom stereocenters. The average Bonchev–Trinajstić information content (AvgIpc) is 3.14. The van der Waals surface area contributed by atoms with Crippen LogP contribution < -0.4 is 0 Å². The minimum Gasteiger partial charge on any atom is -0.254 e. The van der Waals surface area contributed by atoms with Crippen LogP contribution in [0.2, 0.25) is 0 Å². The summed E-state index contributed by atoms with van der Waals surface area (Å²) in [5.41, 5.74) is 9.92. The lowest BCUT2D eigenvalue weighted by atomic mass is 9.85. The first-order valence-electron chi connectivity index (χ1n) is 15.7. The Morgan fingerprint density at radius 3 is 1.50 bits per heavy atom. The fourth-order valence-corrected chi connectivity index (χ4v) is 7.01. The van der Waals surface area contributed by atoms with Gasteiger partial charge in [-0.05, 0) is 72.9 Å². The van der Waals surface area contributed by atoms with Gasteiger partial charge in [-0.25, -0.2) is 4.98 Å². The molecule has 2 aromatic heterocycles. The zero-order chi connectivity index (χ0) is 30.5. The minimum atomic E-state index is 0.871. The van der Waals surface area contributed by atoms with Crippen LogP contribution in [0.15, 0.2) is 170 Å². The van der Waals surface area contributed by atoms with E-state index in [1.165, 1.54) is 49.2 Å². The highest BCUT2D eigenvalue weighted by Crippen LogP contribution is 2.44. The zero-order valence-electron chi connectivity index (χ0n) is 25.1. The van der Waals surface area contributed by atoms with Crippen molar-refractivity contribution in [2.75, 3.05) is 0 Å². The van der Waals surface area contributed by atoms with Gasteiger partial charge < -0.3 is 0 Å². The Morgan fingerprint density at radius 2 is 0.848 bits per heavy atom. The van der Waals surface area contributed by atoms with Gasteiger partial charge >= 0.3 is 0 Å².